The van der Waals surface area contributed by atoms with Crippen molar-refractivity contribution in [1.29, 1.82) is 0 Å². The minimum absolute atomic E-state index is 0.222. The maximum absolute atomic E-state index is 12.8. The molecule has 0 aliphatic carbocycles. The smallest absolute Gasteiger partial charge is 0.277 e. The van der Waals surface area contributed by atoms with E-state index in [0.717, 1.165) is 10.0 Å². The first kappa shape index (κ1) is 17.9. The molecule has 0 saturated heterocycles. The second-order valence-corrected chi connectivity index (χ2v) is 5.57. The number of hydrogen-bond donors (Lipinski definition) is 1. The standard InChI is InChI=1S/C17H16BrFN2O3/c1-2-23-16-8-3-13(18)9-12(16)10-20-21-17(22)11-24-15-6-4-14(19)5-7-15/h3-10H,2,11H2,1H3,(H,21,22)/b20-10-. The van der Waals surface area contributed by atoms with Gasteiger partial charge in [0, 0.05) is 10.0 Å². The van der Waals surface area contributed by atoms with Crippen LogP contribution in [0.15, 0.2) is 52.0 Å². The van der Waals surface area contributed by atoms with E-state index in [0.29, 0.717) is 18.1 Å². The van der Waals surface area contributed by atoms with Gasteiger partial charge in [-0.1, -0.05) is 15.9 Å². The molecule has 0 radical (unpaired) electrons. The first-order valence-corrected chi connectivity index (χ1v) is 8.00. The molecule has 5 nitrogen and oxygen atoms in total. The molecule has 0 aromatic heterocycles. The molecule has 0 aliphatic rings. The Morgan fingerprint density at radius 2 is 2.00 bits per heavy atom. The summed E-state index contributed by atoms with van der Waals surface area (Å²) < 4.78 is 24.3. The molecule has 1 N–H and O–H groups in total. The van der Waals surface area contributed by atoms with E-state index in [-0.39, 0.29) is 12.4 Å². The monoisotopic (exact) mass is 394 g/mol. The minimum Gasteiger partial charge on any atom is -0.493 e. The summed E-state index contributed by atoms with van der Waals surface area (Å²) >= 11 is 3.37. The van der Waals surface area contributed by atoms with E-state index < -0.39 is 5.91 Å². The molecule has 1 amide bonds. The first-order valence-electron chi connectivity index (χ1n) is 7.21. The fourth-order valence-electron chi connectivity index (χ4n) is 1.79. The van der Waals surface area contributed by atoms with Crippen molar-refractivity contribution < 1.29 is 18.7 Å². The third-order valence-electron chi connectivity index (χ3n) is 2.85. The number of amides is 1. The second-order valence-electron chi connectivity index (χ2n) is 4.65. The van der Waals surface area contributed by atoms with Crippen molar-refractivity contribution in [3.05, 3.63) is 58.3 Å². The van der Waals surface area contributed by atoms with Crippen LogP contribution >= 0.6 is 15.9 Å². The predicted molar refractivity (Wildman–Crippen MR) is 92.9 cm³/mol. The lowest BCUT2D eigenvalue weighted by atomic mass is 10.2. The van der Waals surface area contributed by atoms with Crippen molar-refractivity contribution in [3.63, 3.8) is 0 Å². The fourth-order valence-corrected chi connectivity index (χ4v) is 2.17. The molecule has 2 aromatic carbocycles. The van der Waals surface area contributed by atoms with Gasteiger partial charge >= 0.3 is 0 Å². The molecule has 0 fully saturated rings. The molecule has 0 unspecified atom stereocenters. The van der Waals surface area contributed by atoms with Crippen LogP contribution in [0.25, 0.3) is 0 Å². The number of ether oxygens (including phenoxy) is 2. The molecule has 0 spiro atoms. The number of halogens is 2. The van der Waals surface area contributed by atoms with E-state index in [9.17, 15) is 9.18 Å². The molecule has 0 aliphatic heterocycles. The lowest BCUT2D eigenvalue weighted by Gasteiger charge is -2.07. The Hall–Kier alpha value is -2.41. The number of hydrazone groups is 1. The predicted octanol–water partition coefficient (Wildman–Crippen LogP) is 3.52. The maximum Gasteiger partial charge on any atom is 0.277 e. The zero-order valence-electron chi connectivity index (χ0n) is 13.0. The summed E-state index contributed by atoms with van der Waals surface area (Å²) in [5.41, 5.74) is 3.09. The topological polar surface area (TPSA) is 59.9 Å². The largest absolute Gasteiger partial charge is 0.493 e. The van der Waals surface area contributed by atoms with Gasteiger partial charge in [-0.2, -0.15) is 5.10 Å². The molecular weight excluding hydrogens is 379 g/mol. The Kier molecular flexibility index (Phi) is 6.74. The van der Waals surface area contributed by atoms with Crippen molar-refractivity contribution >= 4 is 28.1 Å². The highest BCUT2D eigenvalue weighted by molar-refractivity contribution is 9.10. The molecule has 0 bridgehead atoms. The molecule has 7 heteroatoms. The lowest BCUT2D eigenvalue weighted by molar-refractivity contribution is -0.123. The maximum atomic E-state index is 12.8. The van der Waals surface area contributed by atoms with E-state index in [2.05, 4.69) is 26.5 Å². The Morgan fingerprint density at radius 3 is 2.71 bits per heavy atom. The highest BCUT2D eigenvalue weighted by Crippen LogP contribution is 2.21. The van der Waals surface area contributed by atoms with Crippen LogP contribution in [0, 0.1) is 5.82 Å². The third kappa shape index (κ3) is 5.66. The number of rotatable bonds is 7. The van der Waals surface area contributed by atoms with Crippen molar-refractivity contribution in [2.75, 3.05) is 13.2 Å². The molecule has 2 rings (SSSR count). The van der Waals surface area contributed by atoms with E-state index in [1.807, 2.05) is 25.1 Å². The van der Waals surface area contributed by atoms with E-state index in [1.54, 1.807) is 0 Å². The Balaban J connectivity index is 1.88. The summed E-state index contributed by atoms with van der Waals surface area (Å²) in [6.07, 6.45) is 1.49. The summed E-state index contributed by atoms with van der Waals surface area (Å²) in [6.45, 7) is 2.19. The number of benzene rings is 2. The Morgan fingerprint density at radius 1 is 1.25 bits per heavy atom. The molecule has 0 heterocycles. The zero-order chi connectivity index (χ0) is 17.4. The van der Waals surface area contributed by atoms with Gasteiger partial charge < -0.3 is 9.47 Å². The van der Waals surface area contributed by atoms with Crippen LogP contribution in [0.3, 0.4) is 0 Å². The van der Waals surface area contributed by atoms with Crippen LogP contribution in [0.5, 0.6) is 11.5 Å². The van der Waals surface area contributed by atoms with Crippen molar-refractivity contribution in [3.8, 4) is 11.5 Å². The fraction of sp³-hybridized carbons (Fsp3) is 0.176. The van der Waals surface area contributed by atoms with Gasteiger partial charge in [-0.25, -0.2) is 9.82 Å². The van der Waals surface area contributed by atoms with Gasteiger partial charge in [-0.05, 0) is 49.4 Å². The number of hydrogen-bond acceptors (Lipinski definition) is 4. The van der Waals surface area contributed by atoms with E-state index >= 15 is 0 Å². The SMILES string of the molecule is CCOc1ccc(Br)cc1/C=N\NC(=O)COc1ccc(F)cc1. The molecule has 24 heavy (non-hydrogen) atoms. The number of carbonyl (C=O) groups excluding carboxylic acids is 1. The quantitative estimate of drug-likeness (QED) is 0.577. The summed E-state index contributed by atoms with van der Waals surface area (Å²) in [5.74, 6) is 0.279. The van der Waals surface area contributed by atoms with Gasteiger partial charge in [0.05, 0.1) is 12.8 Å². The number of nitrogens with zero attached hydrogens (tertiary/aromatic N) is 1. The molecular formula is C17H16BrFN2O3. The average Bonchev–Trinajstić information content (AvgIpc) is 2.57. The summed E-state index contributed by atoms with van der Waals surface area (Å²) in [4.78, 5) is 11.7. The van der Waals surface area contributed by atoms with Gasteiger partial charge in [-0.3, -0.25) is 4.79 Å². The highest BCUT2D eigenvalue weighted by atomic mass is 79.9. The van der Waals surface area contributed by atoms with Crippen molar-refractivity contribution in [2.45, 2.75) is 6.92 Å². The van der Waals surface area contributed by atoms with Crippen LogP contribution in [-0.2, 0) is 4.79 Å². The van der Waals surface area contributed by atoms with Crippen LogP contribution in [0.1, 0.15) is 12.5 Å². The number of carbonyl (C=O) groups is 1. The molecule has 2 aromatic rings. The highest BCUT2D eigenvalue weighted by Gasteiger charge is 2.04. The zero-order valence-corrected chi connectivity index (χ0v) is 14.5. The summed E-state index contributed by atoms with van der Waals surface area (Å²) in [7, 11) is 0. The van der Waals surface area contributed by atoms with Crippen molar-refractivity contribution in [1.82, 2.24) is 5.43 Å². The second kappa shape index (κ2) is 9.02. The Labute approximate surface area is 147 Å². The molecule has 126 valence electrons. The summed E-state index contributed by atoms with van der Waals surface area (Å²) in [5, 5.41) is 3.89. The van der Waals surface area contributed by atoms with Gasteiger partial charge in [0.25, 0.3) is 5.91 Å². The van der Waals surface area contributed by atoms with Crippen molar-refractivity contribution in [2.24, 2.45) is 5.10 Å². The minimum atomic E-state index is -0.427. The first-order chi connectivity index (χ1) is 11.6. The van der Waals surface area contributed by atoms with Gasteiger partial charge in [-0.15, -0.1) is 0 Å². The molecule has 0 atom stereocenters. The van der Waals surface area contributed by atoms with Gasteiger partial charge in [0.1, 0.15) is 17.3 Å². The van der Waals surface area contributed by atoms with Crippen LogP contribution in [0.4, 0.5) is 4.39 Å². The van der Waals surface area contributed by atoms with Crippen LogP contribution < -0.4 is 14.9 Å². The summed E-state index contributed by atoms with van der Waals surface area (Å²) in [6, 6.07) is 10.9. The normalized spacial score (nSPS) is 10.6. The van der Waals surface area contributed by atoms with Crippen LogP contribution in [0.2, 0.25) is 0 Å². The Bertz CT molecular complexity index is 720. The van der Waals surface area contributed by atoms with Gasteiger partial charge in [0.15, 0.2) is 6.61 Å². The average molecular weight is 395 g/mol. The third-order valence-corrected chi connectivity index (χ3v) is 3.34. The molecule has 0 saturated carbocycles. The van der Waals surface area contributed by atoms with Crippen LogP contribution in [-0.4, -0.2) is 25.3 Å². The van der Waals surface area contributed by atoms with E-state index in [4.69, 9.17) is 9.47 Å². The van der Waals surface area contributed by atoms with E-state index in [1.165, 1.54) is 30.5 Å². The lowest BCUT2D eigenvalue weighted by Crippen LogP contribution is -2.24. The van der Waals surface area contributed by atoms with Gasteiger partial charge in [0.2, 0.25) is 0 Å². The number of nitrogens with one attached hydrogen (secondary N) is 1.